The van der Waals surface area contributed by atoms with E-state index in [1.807, 2.05) is 7.05 Å². The van der Waals surface area contributed by atoms with Crippen molar-refractivity contribution >= 4 is 5.91 Å². The molecule has 4 nitrogen and oxygen atoms in total. The van der Waals surface area contributed by atoms with E-state index in [0.717, 1.165) is 44.9 Å². The molecule has 1 aromatic rings. The van der Waals surface area contributed by atoms with Crippen LogP contribution in [-0.2, 0) is 11.2 Å². The molecule has 2 N–H and O–H groups in total. The van der Waals surface area contributed by atoms with Gasteiger partial charge in [-0.2, -0.15) is 0 Å². The second-order valence-electron chi connectivity index (χ2n) is 7.63. The molecule has 1 atom stereocenters. The first kappa shape index (κ1) is 17.4. The van der Waals surface area contributed by atoms with Crippen LogP contribution < -0.4 is 5.32 Å². The van der Waals surface area contributed by atoms with Gasteiger partial charge in [0.2, 0.25) is 5.91 Å². The van der Waals surface area contributed by atoms with Gasteiger partial charge in [-0.05, 0) is 50.3 Å². The minimum atomic E-state index is -0.534. The van der Waals surface area contributed by atoms with Crippen molar-refractivity contribution in [1.82, 2.24) is 10.2 Å². The van der Waals surface area contributed by atoms with E-state index < -0.39 is 5.60 Å². The van der Waals surface area contributed by atoms with Crippen molar-refractivity contribution in [2.45, 2.75) is 63.0 Å². The highest BCUT2D eigenvalue weighted by Crippen LogP contribution is 2.30. The number of amides is 1. The molecule has 1 aromatic carbocycles. The van der Waals surface area contributed by atoms with E-state index in [-0.39, 0.29) is 11.9 Å². The fourth-order valence-corrected chi connectivity index (χ4v) is 4.24. The topological polar surface area (TPSA) is 52.6 Å². The Labute approximate surface area is 145 Å². The van der Waals surface area contributed by atoms with E-state index in [1.54, 1.807) is 0 Å². The third-order valence-electron chi connectivity index (χ3n) is 5.52. The summed E-state index contributed by atoms with van der Waals surface area (Å²) in [6, 6.07) is 8.60. The number of nitrogens with zero attached hydrogens (tertiary/aromatic N) is 1. The summed E-state index contributed by atoms with van der Waals surface area (Å²) in [6.07, 6.45) is 7.78. The Bertz CT molecular complexity index is 567. The largest absolute Gasteiger partial charge is 0.389 e. The van der Waals surface area contributed by atoms with Gasteiger partial charge in [0.05, 0.1) is 11.6 Å². The average molecular weight is 330 g/mol. The number of nitrogens with one attached hydrogen (secondary N) is 1. The molecule has 1 fully saturated rings. The number of aliphatic hydroxyl groups is 1. The Kier molecular flexibility index (Phi) is 5.57. The molecule has 0 aromatic heterocycles. The van der Waals surface area contributed by atoms with Gasteiger partial charge in [-0.3, -0.25) is 4.79 Å². The Hall–Kier alpha value is -1.39. The van der Waals surface area contributed by atoms with Crippen molar-refractivity contribution in [3.63, 3.8) is 0 Å². The lowest BCUT2D eigenvalue weighted by atomic mass is 9.87. The van der Waals surface area contributed by atoms with Crippen LogP contribution in [0.3, 0.4) is 0 Å². The van der Waals surface area contributed by atoms with E-state index in [2.05, 4.69) is 34.5 Å². The molecule has 0 spiro atoms. The summed E-state index contributed by atoms with van der Waals surface area (Å²) in [6.45, 7) is 1.37. The molecular weight excluding hydrogens is 300 g/mol. The molecule has 0 heterocycles. The Morgan fingerprint density at radius 1 is 1.29 bits per heavy atom. The van der Waals surface area contributed by atoms with Crippen LogP contribution >= 0.6 is 0 Å². The Morgan fingerprint density at radius 2 is 2.04 bits per heavy atom. The maximum Gasteiger partial charge on any atom is 0.221 e. The Morgan fingerprint density at radius 3 is 2.83 bits per heavy atom. The van der Waals surface area contributed by atoms with E-state index >= 15 is 0 Å². The SMILES string of the molecule is CN(CCC(=O)NC1CCCc2ccccc21)CC1(O)CCCC1. The minimum Gasteiger partial charge on any atom is -0.389 e. The van der Waals surface area contributed by atoms with E-state index in [1.165, 1.54) is 11.1 Å². The number of carbonyl (C=O) groups is 1. The first-order chi connectivity index (χ1) is 11.6. The molecule has 132 valence electrons. The third-order valence-corrected chi connectivity index (χ3v) is 5.52. The van der Waals surface area contributed by atoms with Crippen molar-refractivity contribution < 1.29 is 9.90 Å². The van der Waals surface area contributed by atoms with Crippen molar-refractivity contribution in [2.75, 3.05) is 20.1 Å². The van der Waals surface area contributed by atoms with E-state index in [4.69, 9.17) is 0 Å². The Balaban J connectivity index is 1.46. The third kappa shape index (κ3) is 4.37. The highest BCUT2D eigenvalue weighted by molar-refractivity contribution is 5.76. The normalized spacial score (nSPS) is 22.4. The van der Waals surface area contributed by atoms with Gasteiger partial charge in [0.1, 0.15) is 0 Å². The second kappa shape index (κ2) is 7.66. The summed E-state index contributed by atoms with van der Waals surface area (Å²) in [5.74, 6) is 0.113. The fraction of sp³-hybridized carbons (Fsp3) is 0.650. The molecule has 1 unspecified atom stereocenters. The molecule has 1 amide bonds. The lowest BCUT2D eigenvalue weighted by molar-refractivity contribution is -0.122. The molecule has 0 bridgehead atoms. The molecule has 2 aliphatic rings. The van der Waals surface area contributed by atoms with Gasteiger partial charge in [-0.25, -0.2) is 0 Å². The predicted molar refractivity (Wildman–Crippen MR) is 95.8 cm³/mol. The van der Waals surface area contributed by atoms with E-state index in [9.17, 15) is 9.90 Å². The summed E-state index contributed by atoms with van der Waals surface area (Å²) in [4.78, 5) is 14.4. The zero-order valence-corrected chi connectivity index (χ0v) is 14.8. The lowest BCUT2D eigenvalue weighted by Gasteiger charge is -2.29. The summed E-state index contributed by atoms with van der Waals surface area (Å²) >= 11 is 0. The molecule has 0 radical (unpaired) electrons. The second-order valence-corrected chi connectivity index (χ2v) is 7.63. The van der Waals surface area contributed by atoms with Crippen LogP contribution in [0.4, 0.5) is 0 Å². The maximum absolute atomic E-state index is 12.3. The van der Waals surface area contributed by atoms with Crippen LogP contribution in [0.15, 0.2) is 24.3 Å². The minimum absolute atomic E-state index is 0.113. The number of hydrogen-bond donors (Lipinski definition) is 2. The van der Waals surface area contributed by atoms with Crippen LogP contribution in [0.25, 0.3) is 0 Å². The zero-order valence-electron chi connectivity index (χ0n) is 14.8. The smallest absolute Gasteiger partial charge is 0.221 e. The van der Waals surface area contributed by atoms with E-state index in [0.29, 0.717) is 19.5 Å². The van der Waals surface area contributed by atoms with Gasteiger partial charge in [-0.15, -0.1) is 0 Å². The lowest BCUT2D eigenvalue weighted by Crippen LogP contribution is -2.41. The number of aryl methyl sites for hydroxylation is 1. The number of hydrogen-bond acceptors (Lipinski definition) is 3. The van der Waals surface area contributed by atoms with Crippen molar-refractivity contribution in [3.05, 3.63) is 35.4 Å². The summed E-state index contributed by atoms with van der Waals surface area (Å²) in [5.41, 5.74) is 2.12. The van der Waals surface area contributed by atoms with Gasteiger partial charge in [-0.1, -0.05) is 37.1 Å². The zero-order chi connectivity index (χ0) is 17.0. The van der Waals surface area contributed by atoms with Crippen LogP contribution in [0.5, 0.6) is 0 Å². The number of fused-ring (bicyclic) bond motifs is 1. The first-order valence-corrected chi connectivity index (χ1v) is 9.34. The summed E-state index contributed by atoms with van der Waals surface area (Å²) < 4.78 is 0. The van der Waals surface area contributed by atoms with Gasteiger partial charge in [0.15, 0.2) is 0 Å². The van der Waals surface area contributed by atoms with Crippen LogP contribution in [0.1, 0.15) is 62.1 Å². The molecule has 24 heavy (non-hydrogen) atoms. The maximum atomic E-state index is 12.3. The molecule has 1 saturated carbocycles. The van der Waals surface area contributed by atoms with Crippen LogP contribution in [-0.4, -0.2) is 41.7 Å². The fourth-order valence-electron chi connectivity index (χ4n) is 4.24. The van der Waals surface area contributed by atoms with Crippen LogP contribution in [0.2, 0.25) is 0 Å². The van der Waals surface area contributed by atoms with Gasteiger partial charge >= 0.3 is 0 Å². The highest BCUT2D eigenvalue weighted by Gasteiger charge is 2.32. The molecule has 0 saturated heterocycles. The number of carbonyl (C=O) groups excluding carboxylic acids is 1. The summed E-state index contributed by atoms with van der Waals surface area (Å²) in [5, 5.41) is 13.7. The van der Waals surface area contributed by atoms with Crippen molar-refractivity contribution in [3.8, 4) is 0 Å². The molecular formula is C20H30N2O2. The summed E-state index contributed by atoms with van der Waals surface area (Å²) in [7, 11) is 2.00. The van der Waals surface area contributed by atoms with Crippen molar-refractivity contribution in [2.24, 2.45) is 0 Å². The van der Waals surface area contributed by atoms with Gasteiger partial charge in [0, 0.05) is 19.5 Å². The number of likely N-dealkylation sites (N-methyl/N-ethyl adjacent to an activating group) is 1. The quantitative estimate of drug-likeness (QED) is 0.843. The van der Waals surface area contributed by atoms with Gasteiger partial charge in [0.25, 0.3) is 0 Å². The first-order valence-electron chi connectivity index (χ1n) is 9.34. The average Bonchev–Trinajstić information content (AvgIpc) is 2.99. The highest BCUT2D eigenvalue weighted by atomic mass is 16.3. The van der Waals surface area contributed by atoms with Crippen molar-refractivity contribution in [1.29, 1.82) is 0 Å². The number of benzene rings is 1. The monoisotopic (exact) mass is 330 g/mol. The molecule has 2 aliphatic carbocycles. The predicted octanol–water partition coefficient (Wildman–Crippen LogP) is 2.81. The molecule has 3 rings (SSSR count). The molecule has 4 heteroatoms. The van der Waals surface area contributed by atoms with Crippen LogP contribution in [0, 0.1) is 0 Å². The standard InChI is InChI=1S/C20H30N2O2/c1-22(15-20(24)12-4-5-13-20)14-11-19(23)21-18-10-6-8-16-7-2-3-9-17(16)18/h2-3,7,9,18,24H,4-6,8,10-15H2,1H3,(H,21,23). The number of rotatable bonds is 6. The van der Waals surface area contributed by atoms with Gasteiger partial charge < -0.3 is 15.3 Å². The molecule has 0 aliphatic heterocycles.